The first-order valence-corrected chi connectivity index (χ1v) is 4.56. The molecule has 1 aliphatic rings. The highest BCUT2D eigenvalue weighted by Crippen LogP contribution is 2.24. The lowest BCUT2D eigenvalue weighted by molar-refractivity contribution is 0.586. The summed E-state index contributed by atoms with van der Waals surface area (Å²) in [5.41, 5.74) is 3.75. The van der Waals surface area contributed by atoms with Crippen LogP contribution in [0.15, 0.2) is 17.3 Å². The molecule has 2 rings (SSSR count). The predicted octanol–water partition coefficient (Wildman–Crippen LogP) is 2.31. The predicted molar refractivity (Wildman–Crippen MR) is 54.2 cm³/mol. The van der Waals surface area contributed by atoms with E-state index in [0.717, 1.165) is 12.2 Å². The number of hydrogen-bond donors (Lipinski definition) is 0. The van der Waals surface area contributed by atoms with Gasteiger partial charge in [0.2, 0.25) is 0 Å². The van der Waals surface area contributed by atoms with E-state index < -0.39 is 0 Å². The zero-order valence-electron chi connectivity index (χ0n) is 8.33. The molecular weight excluding hydrogens is 160 g/mol. The van der Waals surface area contributed by atoms with Crippen LogP contribution in [0.5, 0.6) is 0 Å². The summed E-state index contributed by atoms with van der Waals surface area (Å²) in [5, 5.41) is 0. The number of hydrogen-bond acceptors (Lipinski definition) is 2. The highest BCUT2D eigenvalue weighted by Gasteiger charge is 2.16. The molecule has 0 N–H and O–H groups in total. The molecule has 0 saturated heterocycles. The van der Waals surface area contributed by atoms with Crippen molar-refractivity contribution in [2.24, 2.45) is 4.99 Å². The molecule has 0 radical (unpaired) electrons. The maximum atomic E-state index is 4.40. The number of pyridine rings is 1. The molecule has 0 atom stereocenters. The second-order valence-corrected chi connectivity index (χ2v) is 4.48. The molecule has 1 aromatic heterocycles. The third kappa shape index (κ3) is 1.48. The minimum absolute atomic E-state index is 0.179. The summed E-state index contributed by atoms with van der Waals surface area (Å²) in [7, 11) is 0. The van der Waals surface area contributed by atoms with Gasteiger partial charge >= 0.3 is 0 Å². The monoisotopic (exact) mass is 174 g/mol. The average molecular weight is 174 g/mol. The lowest BCUT2D eigenvalue weighted by Gasteiger charge is -2.18. The van der Waals surface area contributed by atoms with Gasteiger partial charge in [-0.1, -0.05) is 20.8 Å². The molecule has 1 aromatic rings. The SMILES string of the molecule is CC(C)(C)c1cnc2c(c1)C=NC2. The second-order valence-electron chi connectivity index (χ2n) is 4.48. The van der Waals surface area contributed by atoms with Gasteiger partial charge in [0, 0.05) is 18.0 Å². The Hall–Kier alpha value is -1.18. The summed E-state index contributed by atoms with van der Waals surface area (Å²) in [4.78, 5) is 8.59. The molecule has 0 aliphatic carbocycles. The Morgan fingerprint density at radius 1 is 1.31 bits per heavy atom. The molecule has 2 nitrogen and oxygen atoms in total. The van der Waals surface area contributed by atoms with Crippen molar-refractivity contribution in [1.82, 2.24) is 4.98 Å². The Morgan fingerprint density at radius 2 is 2.08 bits per heavy atom. The summed E-state index contributed by atoms with van der Waals surface area (Å²) in [6.45, 7) is 7.34. The molecule has 0 fully saturated rings. The van der Waals surface area contributed by atoms with Crippen LogP contribution in [0.25, 0.3) is 0 Å². The standard InChI is InChI=1S/C11H14N2/c1-11(2,3)9-4-8-5-12-7-10(8)13-6-9/h4-6H,7H2,1-3H3. The summed E-state index contributed by atoms with van der Waals surface area (Å²) in [6.07, 6.45) is 3.88. The maximum Gasteiger partial charge on any atom is 0.0818 e. The second kappa shape index (κ2) is 2.66. The van der Waals surface area contributed by atoms with Crippen molar-refractivity contribution in [3.05, 3.63) is 29.1 Å². The fourth-order valence-electron chi connectivity index (χ4n) is 1.39. The van der Waals surface area contributed by atoms with Crippen LogP contribution in [0.3, 0.4) is 0 Å². The Bertz CT molecular complexity index is 359. The molecule has 0 bridgehead atoms. The van der Waals surface area contributed by atoms with Crippen LogP contribution in [0.2, 0.25) is 0 Å². The van der Waals surface area contributed by atoms with Gasteiger partial charge in [-0.05, 0) is 17.0 Å². The van der Waals surface area contributed by atoms with Crippen molar-refractivity contribution >= 4 is 6.21 Å². The molecule has 1 aliphatic heterocycles. The molecule has 0 aromatic carbocycles. The third-order valence-corrected chi connectivity index (χ3v) is 2.34. The van der Waals surface area contributed by atoms with E-state index in [1.165, 1.54) is 11.1 Å². The first-order valence-electron chi connectivity index (χ1n) is 4.56. The average Bonchev–Trinajstić information content (AvgIpc) is 2.47. The van der Waals surface area contributed by atoms with E-state index in [1.807, 2.05) is 12.4 Å². The van der Waals surface area contributed by atoms with Gasteiger partial charge in [-0.2, -0.15) is 0 Å². The zero-order chi connectivity index (χ0) is 9.47. The molecule has 0 unspecified atom stereocenters. The van der Waals surface area contributed by atoms with Gasteiger partial charge in [-0.15, -0.1) is 0 Å². The molecule has 2 heterocycles. The number of aromatic nitrogens is 1. The Balaban J connectivity index is 2.47. The number of nitrogens with zero attached hydrogens (tertiary/aromatic N) is 2. The minimum Gasteiger partial charge on any atom is -0.286 e. The van der Waals surface area contributed by atoms with Crippen LogP contribution in [0.4, 0.5) is 0 Å². The zero-order valence-corrected chi connectivity index (χ0v) is 8.33. The lowest BCUT2D eigenvalue weighted by Crippen LogP contribution is -2.12. The summed E-state index contributed by atoms with van der Waals surface area (Å²) >= 11 is 0. The Labute approximate surface area is 78.7 Å². The van der Waals surface area contributed by atoms with Crippen molar-refractivity contribution in [2.75, 3.05) is 0 Å². The molecule has 68 valence electrons. The molecule has 2 heteroatoms. The van der Waals surface area contributed by atoms with Crippen LogP contribution < -0.4 is 0 Å². The van der Waals surface area contributed by atoms with E-state index in [4.69, 9.17) is 0 Å². The fraction of sp³-hybridized carbons (Fsp3) is 0.455. The van der Waals surface area contributed by atoms with E-state index >= 15 is 0 Å². The fourth-order valence-corrected chi connectivity index (χ4v) is 1.39. The molecule has 0 saturated carbocycles. The first kappa shape index (κ1) is 8.42. The third-order valence-electron chi connectivity index (χ3n) is 2.34. The Morgan fingerprint density at radius 3 is 2.77 bits per heavy atom. The number of rotatable bonds is 0. The largest absolute Gasteiger partial charge is 0.286 e. The topological polar surface area (TPSA) is 25.2 Å². The van der Waals surface area contributed by atoms with Gasteiger partial charge in [0.25, 0.3) is 0 Å². The van der Waals surface area contributed by atoms with E-state index in [9.17, 15) is 0 Å². The van der Waals surface area contributed by atoms with Crippen LogP contribution in [-0.4, -0.2) is 11.2 Å². The molecule has 0 amide bonds. The molecule has 13 heavy (non-hydrogen) atoms. The van der Waals surface area contributed by atoms with Gasteiger partial charge in [0.05, 0.1) is 12.2 Å². The summed E-state index contributed by atoms with van der Waals surface area (Å²) in [5.74, 6) is 0. The minimum atomic E-state index is 0.179. The summed E-state index contributed by atoms with van der Waals surface area (Å²) in [6, 6.07) is 2.19. The Kier molecular flexibility index (Phi) is 1.72. The van der Waals surface area contributed by atoms with Crippen molar-refractivity contribution in [2.45, 2.75) is 32.7 Å². The quantitative estimate of drug-likeness (QED) is 0.592. The lowest BCUT2D eigenvalue weighted by atomic mass is 9.87. The molecular formula is C11H14N2. The van der Waals surface area contributed by atoms with Crippen molar-refractivity contribution < 1.29 is 0 Å². The van der Waals surface area contributed by atoms with Gasteiger partial charge in [-0.3, -0.25) is 9.98 Å². The number of aliphatic imine (C=N–C) groups is 1. The van der Waals surface area contributed by atoms with E-state index in [0.29, 0.717) is 0 Å². The van der Waals surface area contributed by atoms with Gasteiger partial charge < -0.3 is 0 Å². The van der Waals surface area contributed by atoms with Crippen molar-refractivity contribution in [3.8, 4) is 0 Å². The van der Waals surface area contributed by atoms with E-state index in [1.54, 1.807) is 0 Å². The van der Waals surface area contributed by atoms with Crippen molar-refractivity contribution in [3.63, 3.8) is 0 Å². The highest BCUT2D eigenvalue weighted by atomic mass is 14.8. The smallest absolute Gasteiger partial charge is 0.0818 e. The van der Waals surface area contributed by atoms with E-state index in [2.05, 4.69) is 36.8 Å². The maximum absolute atomic E-state index is 4.40. The van der Waals surface area contributed by atoms with Gasteiger partial charge in [0.15, 0.2) is 0 Å². The van der Waals surface area contributed by atoms with Crippen LogP contribution >= 0.6 is 0 Å². The summed E-state index contributed by atoms with van der Waals surface area (Å²) < 4.78 is 0. The van der Waals surface area contributed by atoms with Gasteiger partial charge in [-0.25, -0.2) is 0 Å². The molecule has 0 spiro atoms. The van der Waals surface area contributed by atoms with E-state index in [-0.39, 0.29) is 5.41 Å². The van der Waals surface area contributed by atoms with Gasteiger partial charge in [0.1, 0.15) is 0 Å². The van der Waals surface area contributed by atoms with Crippen molar-refractivity contribution in [1.29, 1.82) is 0 Å². The highest BCUT2D eigenvalue weighted by molar-refractivity contribution is 5.83. The first-order chi connectivity index (χ1) is 6.07. The van der Waals surface area contributed by atoms with Crippen LogP contribution in [0, 0.1) is 0 Å². The normalized spacial score (nSPS) is 14.7. The number of fused-ring (bicyclic) bond motifs is 1. The van der Waals surface area contributed by atoms with Crippen LogP contribution in [-0.2, 0) is 12.0 Å². The van der Waals surface area contributed by atoms with Crippen LogP contribution in [0.1, 0.15) is 37.6 Å².